The molecule has 0 spiro atoms. The maximum absolute atomic E-state index is 10.6. The van der Waals surface area contributed by atoms with E-state index in [2.05, 4.69) is 5.32 Å². The van der Waals surface area contributed by atoms with E-state index in [1.54, 1.807) is 0 Å². The van der Waals surface area contributed by atoms with Crippen molar-refractivity contribution in [3.05, 3.63) is 12.4 Å². The SMILES string of the molecule is N/C=C\N(N)C1CC(NC(N)=O)OC1CO. The Hall–Kier alpha value is -1.51. The van der Waals surface area contributed by atoms with Crippen LogP contribution >= 0.6 is 0 Å². The number of hydrogen-bond acceptors (Lipinski definition) is 6. The molecule has 1 fully saturated rings. The van der Waals surface area contributed by atoms with Crippen LogP contribution in [0.5, 0.6) is 0 Å². The van der Waals surface area contributed by atoms with Gasteiger partial charge in [-0.15, -0.1) is 0 Å². The molecule has 1 rings (SSSR count). The van der Waals surface area contributed by atoms with Gasteiger partial charge in [0.2, 0.25) is 0 Å². The lowest BCUT2D eigenvalue weighted by Gasteiger charge is -2.24. The molecule has 0 bridgehead atoms. The molecule has 3 unspecified atom stereocenters. The van der Waals surface area contributed by atoms with Gasteiger partial charge in [-0.2, -0.15) is 0 Å². The number of nitrogens with two attached hydrogens (primary N) is 3. The van der Waals surface area contributed by atoms with Crippen LogP contribution in [0.4, 0.5) is 4.79 Å². The fraction of sp³-hybridized carbons (Fsp3) is 0.625. The van der Waals surface area contributed by atoms with Crippen molar-refractivity contribution in [3.63, 3.8) is 0 Å². The third-order valence-electron chi connectivity index (χ3n) is 2.35. The summed E-state index contributed by atoms with van der Waals surface area (Å²) in [5.41, 5.74) is 10.2. The van der Waals surface area contributed by atoms with Crippen molar-refractivity contribution in [1.82, 2.24) is 10.3 Å². The first-order valence-electron chi connectivity index (χ1n) is 4.82. The fourth-order valence-electron chi connectivity index (χ4n) is 1.67. The minimum absolute atomic E-state index is 0.201. The lowest BCUT2D eigenvalue weighted by atomic mass is 10.1. The van der Waals surface area contributed by atoms with Crippen molar-refractivity contribution >= 4 is 6.03 Å². The number of nitrogens with zero attached hydrogens (tertiary/aromatic N) is 1. The van der Waals surface area contributed by atoms with Crippen LogP contribution in [0.15, 0.2) is 12.4 Å². The minimum atomic E-state index is -0.680. The topological polar surface area (TPSA) is 140 Å². The predicted molar refractivity (Wildman–Crippen MR) is 56.2 cm³/mol. The van der Waals surface area contributed by atoms with Gasteiger partial charge in [0.05, 0.1) is 12.6 Å². The van der Waals surface area contributed by atoms with Gasteiger partial charge >= 0.3 is 6.03 Å². The Balaban J connectivity index is 2.60. The highest BCUT2D eigenvalue weighted by atomic mass is 16.5. The number of hydrazine groups is 1. The zero-order chi connectivity index (χ0) is 12.1. The summed E-state index contributed by atoms with van der Waals surface area (Å²) in [4.78, 5) is 10.6. The highest BCUT2D eigenvalue weighted by molar-refractivity contribution is 5.71. The van der Waals surface area contributed by atoms with Gasteiger partial charge in [0.15, 0.2) is 0 Å². The minimum Gasteiger partial charge on any atom is -0.403 e. The average molecular weight is 231 g/mol. The van der Waals surface area contributed by atoms with Crippen molar-refractivity contribution in [2.24, 2.45) is 17.3 Å². The number of primary amides is 1. The van der Waals surface area contributed by atoms with Crippen LogP contribution < -0.4 is 22.6 Å². The molecule has 16 heavy (non-hydrogen) atoms. The summed E-state index contributed by atoms with van der Waals surface area (Å²) < 4.78 is 5.34. The van der Waals surface area contributed by atoms with Crippen LogP contribution in [-0.2, 0) is 4.74 Å². The van der Waals surface area contributed by atoms with Crippen molar-refractivity contribution in [2.45, 2.75) is 24.8 Å². The Morgan fingerprint density at radius 3 is 2.88 bits per heavy atom. The van der Waals surface area contributed by atoms with Crippen molar-refractivity contribution < 1.29 is 14.6 Å². The van der Waals surface area contributed by atoms with Gasteiger partial charge in [-0.1, -0.05) is 0 Å². The molecule has 0 aromatic rings. The number of aliphatic hydroxyl groups is 1. The summed E-state index contributed by atoms with van der Waals surface area (Å²) in [5.74, 6) is 5.68. The van der Waals surface area contributed by atoms with Gasteiger partial charge in [0, 0.05) is 18.8 Å². The van der Waals surface area contributed by atoms with Crippen LogP contribution in [0, 0.1) is 0 Å². The van der Waals surface area contributed by atoms with Gasteiger partial charge in [0.1, 0.15) is 12.3 Å². The second kappa shape index (κ2) is 5.54. The maximum Gasteiger partial charge on any atom is 0.314 e. The second-order valence-electron chi connectivity index (χ2n) is 3.45. The van der Waals surface area contributed by atoms with Gasteiger partial charge in [-0.3, -0.25) is 0 Å². The molecule has 1 saturated heterocycles. The smallest absolute Gasteiger partial charge is 0.314 e. The maximum atomic E-state index is 10.6. The summed E-state index contributed by atoms with van der Waals surface area (Å²) in [6.07, 6.45) is 2.14. The molecule has 1 aliphatic rings. The molecule has 0 saturated carbocycles. The van der Waals surface area contributed by atoms with Crippen LogP contribution in [0.25, 0.3) is 0 Å². The van der Waals surface area contributed by atoms with Gasteiger partial charge < -0.3 is 31.6 Å². The first kappa shape index (κ1) is 12.6. The summed E-state index contributed by atoms with van der Waals surface area (Å²) in [6.45, 7) is -0.201. The van der Waals surface area contributed by atoms with E-state index >= 15 is 0 Å². The molecule has 8 heteroatoms. The molecule has 3 atom stereocenters. The molecule has 8 N–H and O–H groups in total. The van der Waals surface area contributed by atoms with E-state index in [9.17, 15) is 4.79 Å². The van der Waals surface area contributed by atoms with Gasteiger partial charge in [-0.25, -0.2) is 10.6 Å². The summed E-state index contributed by atoms with van der Waals surface area (Å²) in [6, 6.07) is -0.943. The van der Waals surface area contributed by atoms with Gasteiger partial charge in [-0.05, 0) is 0 Å². The monoisotopic (exact) mass is 231 g/mol. The number of ether oxygens (including phenoxy) is 1. The number of rotatable bonds is 4. The first-order valence-corrected chi connectivity index (χ1v) is 4.82. The molecular weight excluding hydrogens is 214 g/mol. The molecule has 92 valence electrons. The highest BCUT2D eigenvalue weighted by Crippen LogP contribution is 2.22. The van der Waals surface area contributed by atoms with Gasteiger partial charge in [0.25, 0.3) is 0 Å². The molecule has 0 aliphatic carbocycles. The standard InChI is InChI=1S/C8H17N5O3/c9-1-2-13(11)5-3-7(12-8(10)15)16-6(5)4-14/h1-2,5-7,14H,3-4,9,11H2,(H3,10,12,15)/b2-1-. The molecule has 1 heterocycles. The molecular formula is C8H17N5O3. The number of carbonyl (C=O) groups is 1. The van der Waals surface area contributed by atoms with E-state index in [1.807, 2.05) is 0 Å². The third-order valence-corrected chi connectivity index (χ3v) is 2.35. The van der Waals surface area contributed by atoms with Crippen LogP contribution in [0.1, 0.15) is 6.42 Å². The second-order valence-corrected chi connectivity index (χ2v) is 3.45. The van der Waals surface area contributed by atoms with Crippen LogP contribution in [0.3, 0.4) is 0 Å². The van der Waals surface area contributed by atoms with Crippen LogP contribution in [-0.4, -0.2) is 41.1 Å². The lowest BCUT2D eigenvalue weighted by molar-refractivity contribution is -0.0124. The van der Waals surface area contributed by atoms with Crippen molar-refractivity contribution in [1.29, 1.82) is 0 Å². The Morgan fingerprint density at radius 1 is 1.69 bits per heavy atom. The average Bonchev–Trinajstić information content (AvgIpc) is 2.60. The zero-order valence-corrected chi connectivity index (χ0v) is 8.74. The normalized spacial score (nSPS) is 29.5. The first-order chi connectivity index (χ1) is 7.58. The Labute approximate surface area is 93.0 Å². The molecule has 0 radical (unpaired) electrons. The summed E-state index contributed by atoms with van der Waals surface area (Å²) >= 11 is 0. The van der Waals surface area contributed by atoms with E-state index < -0.39 is 18.4 Å². The van der Waals surface area contributed by atoms with E-state index in [-0.39, 0.29) is 12.6 Å². The number of nitrogens with one attached hydrogen (secondary N) is 1. The van der Waals surface area contributed by atoms with Crippen molar-refractivity contribution in [3.8, 4) is 0 Å². The molecule has 8 nitrogen and oxygen atoms in total. The van der Waals surface area contributed by atoms with E-state index in [4.69, 9.17) is 27.2 Å². The number of urea groups is 1. The quantitative estimate of drug-likeness (QED) is 0.273. The lowest BCUT2D eigenvalue weighted by Crippen LogP contribution is -2.43. The number of carbonyl (C=O) groups excluding carboxylic acids is 1. The van der Waals surface area contributed by atoms with Crippen molar-refractivity contribution in [2.75, 3.05) is 6.61 Å². The van der Waals surface area contributed by atoms with E-state index in [0.717, 1.165) is 0 Å². The van der Waals surface area contributed by atoms with E-state index in [1.165, 1.54) is 17.4 Å². The number of amides is 2. The largest absolute Gasteiger partial charge is 0.403 e. The Kier molecular flexibility index (Phi) is 4.35. The zero-order valence-electron chi connectivity index (χ0n) is 8.74. The summed E-state index contributed by atoms with van der Waals surface area (Å²) in [7, 11) is 0. The molecule has 1 aliphatic heterocycles. The molecule has 0 aromatic heterocycles. The van der Waals surface area contributed by atoms with E-state index in [0.29, 0.717) is 6.42 Å². The van der Waals surface area contributed by atoms with Crippen LogP contribution in [0.2, 0.25) is 0 Å². The number of aliphatic hydroxyl groups excluding tert-OH is 1. The fourth-order valence-corrected chi connectivity index (χ4v) is 1.67. The Morgan fingerprint density at radius 2 is 2.38 bits per heavy atom. The predicted octanol–water partition coefficient (Wildman–Crippen LogP) is -2.26. The highest BCUT2D eigenvalue weighted by Gasteiger charge is 2.37. The molecule has 0 aromatic carbocycles. The molecule has 2 amide bonds. The number of hydrogen-bond donors (Lipinski definition) is 5. The third kappa shape index (κ3) is 2.99. The summed E-state index contributed by atoms with van der Waals surface area (Å²) in [5, 5.41) is 12.8. The Bertz CT molecular complexity index is 272.